The molecule has 2 unspecified atom stereocenters. The molecule has 0 aromatic heterocycles. The molecule has 0 saturated carbocycles. The molecule has 4 heteroatoms. The summed E-state index contributed by atoms with van der Waals surface area (Å²) in [4.78, 5) is 2.17. The van der Waals surface area contributed by atoms with Crippen molar-refractivity contribution in [1.82, 2.24) is 4.90 Å². The summed E-state index contributed by atoms with van der Waals surface area (Å²) < 4.78 is 19.0. The Labute approximate surface area is 119 Å². The lowest BCUT2D eigenvalue weighted by Crippen LogP contribution is -2.42. The summed E-state index contributed by atoms with van der Waals surface area (Å²) in [6, 6.07) is 6.53. The van der Waals surface area contributed by atoms with Crippen LogP contribution in [-0.2, 0) is 4.74 Å². The van der Waals surface area contributed by atoms with E-state index in [2.05, 4.69) is 11.5 Å². The van der Waals surface area contributed by atoms with Crippen molar-refractivity contribution in [2.75, 3.05) is 26.2 Å². The summed E-state index contributed by atoms with van der Waals surface area (Å²) in [6.45, 7) is 6.39. The standard InChI is InChI=1S/C16H22FNO2/c1-2-3-7-15(19)11-18-8-9-20-16(12-18)13-5-4-6-14(17)10-13/h2,4-6,10,15-16,19H,1,3,7-9,11-12H2. The van der Waals surface area contributed by atoms with Gasteiger partial charge in [-0.15, -0.1) is 6.58 Å². The summed E-state index contributed by atoms with van der Waals surface area (Å²) in [5.74, 6) is -0.241. The predicted octanol–water partition coefficient (Wildman–Crippen LogP) is 2.53. The first kappa shape index (κ1) is 15.2. The van der Waals surface area contributed by atoms with Crippen LogP contribution in [0.15, 0.2) is 36.9 Å². The second kappa shape index (κ2) is 7.53. The molecule has 1 aromatic carbocycles. The smallest absolute Gasteiger partial charge is 0.123 e. The number of ether oxygens (including phenoxy) is 1. The van der Waals surface area contributed by atoms with Crippen molar-refractivity contribution >= 4 is 0 Å². The Bertz CT molecular complexity index is 438. The number of nitrogens with zero attached hydrogens (tertiary/aromatic N) is 1. The Morgan fingerprint density at radius 1 is 1.55 bits per heavy atom. The molecule has 0 aliphatic carbocycles. The zero-order valence-electron chi connectivity index (χ0n) is 11.7. The van der Waals surface area contributed by atoms with Crippen LogP contribution in [0.3, 0.4) is 0 Å². The van der Waals surface area contributed by atoms with E-state index in [1.807, 2.05) is 12.1 Å². The third-order valence-corrected chi connectivity index (χ3v) is 3.54. The van der Waals surface area contributed by atoms with Crippen molar-refractivity contribution in [3.63, 3.8) is 0 Å². The van der Waals surface area contributed by atoms with E-state index in [4.69, 9.17) is 4.74 Å². The van der Waals surface area contributed by atoms with Crippen LogP contribution in [0.4, 0.5) is 4.39 Å². The van der Waals surface area contributed by atoms with Gasteiger partial charge in [0.2, 0.25) is 0 Å². The average molecular weight is 279 g/mol. The van der Waals surface area contributed by atoms with Crippen LogP contribution in [0.25, 0.3) is 0 Å². The van der Waals surface area contributed by atoms with Gasteiger partial charge in [-0.3, -0.25) is 4.90 Å². The normalized spacial score (nSPS) is 21.6. The number of aliphatic hydroxyl groups excluding tert-OH is 1. The third-order valence-electron chi connectivity index (χ3n) is 3.54. The number of rotatable bonds is 6. The number of halogens is 1. The summed E-state index contributed by atoms with van der Waals surface area (Å²) >= 11 is 0. The molecule has 3 nitrogen and oxygen atoms in total. The summed E-state index contributed by atoms with van der Waals surface area (Å²) in [7, 11) is 0. The maximum atomic E-state index is 13.3. The maximum Gasteiger partial charge on any atom is 0.123 e. The highest BCUT2D eigenvalue weighted by Gasteiger charge is 2.23. The fraction of sp³-hybridized carbons (Fsp3) is 0.500. The number of benzene rings is 1. The van der Waals surface area contributed by atoms with Gasteiger partial charge in [-0.05, 0) is 30.5 Å². The largest absolute Gasteiger partial charge is 0.392 e. The molecule has 0 bridgehead atoms. The first-order valence-electron chi connectivity index (χ1n) is 7.07. The van der Waals surface area contributed by atoms with Gasteiger partial charge in [0.05, 0.1) is 18.8 Å². The van der Waals surface area contributed by atoms with Gasteiger partial charge >= 0.3 is 0 Å². The maximum absolute atomic E-state index is 13.3. The van der Waals surface area contributed by atoms with Crippen LogP contribution >= 0.6 is 0 Å². The highest BCUT2D eigenvalue weighted by molar-refractivity contribution is 5.19. The minimum atomic E-state index is -0.348. The molecule has 1 fully saturated rings. The van der Waals surface area contributed by atoms with Gasteiger partial charge < -0.3 is 9.84 Å². The molecule has 1 heterocycles. The van der Waals surface area contributed by atoms with E-state index in [1.54, 1.807) is 6.07 Å². The molecule has 2 atom stereocenters. The molecular weight excluding hydrogens is 257 g/mol. The number of aliphatic hydroxyl groups is 1. The lowest BCUT2D eigenvalue weighted by atomic mass is 10.1. The van der Waals surface area contributed by atoms with E-state index in [1.165, 1.54) is 12.1 Å². The first-order valence-corrected chi connectivity index (χ1v) is 7.07. The van der Waals surface area contributed by atoms with Crippen molar-refractivity contribution in [3.05, 3.63) is 48.3 Å². The van der Waals surface area contributed by atoms with E-state index in [9.17, 15) is 9.50 Å². The lowest BCUT2D eigenvalue weighted by molar-refractivity contribution is -0.0427. The van der Waals surface area contributed by atoms with Gasteiger partial charge in [-0.2, -0.15) is 0 Å². The van der Waals surface area contributed by atoms with Gasteiger partial charge in [-0.25, -0.2) is 4.39 Å². The van der Waals surface area contributed by atoms with Crippen molar-refractivity contribution in [2.24, 2.45) is 0 Å². The van der Waals surface area contributed by atoms with Gasteiger partial charge in [0.25, 0.3) is 0 Å². The monoisotopic (exact) mass is 279 g/mol. The highest BCUT2D eigenvalue weighted by Crippen LogP contribution is 2.23. The average Bonchev–Trinajstić information content (AvgIpc) is 2.45. The third kappa shape index (κ3) is 4.40. The predicted molar refractivity (Wildman–Crippen MR) is 77.0 cm³/mol. The van der Waals surface area contributed by atoms with Crippen molar-refractivity contribution in [2.45, 2.75) is 25.0 Å². The molecule has 0 spiro atoms. The topological polar surface area (TPSA) is 32.7 Å². The number of hydrogen-bond donors (Lipinski definition) is 1. The highest BCUT2D eigenvalue weighted by atomic mass is 19.1. The van der Waals surface area contributed by atoms with Gasteiger partial charge in [0.1, 0.15) is 5.82 Å². The van der Waals surface area contributed by atoms with Crippen LogP contribution in [0.1, 0.15) is 24.5 Å². The summed E-state index contributed by atoms with van der Waals surface area (Å²) in [5.41, 5.74) is 0.857. The Morgan fingerprint density at radius 2 is 2.40 bits per heavy atom. The van der Waals surface area contributed by atoms with Crippen LogP contribution in [0.5, 0.6) is 0 Å². The van der Waals surface area contributed by atoms with Crippen molar-refractivity contribution < 1.29 is 14.2 Å². The molecule has 1 aliphatic rings. The molecule has 2 rings (SSSR count). The van der Waals surface area contributed by atoms with E-state index < -0.39 is 0 Å². The summed E-state index contributed by atoms with van der Waals surface area (Å²) in [6.07, 6.45) is 2.90. The van der Waals surface area contributed by atoms with Crippen LogP contribution in [-0.4, -0.2) is 42.4 Å². The lowest BCUT2D eigenvalue weighted by Gasteiger charge is -2.34. The van der Waals surface area contributed by atoms with Crippen LogP contribution in [0, 0.1) is 5.82 Å². The molecule has 1 aromatic rings. The molecule has 1 saturated heterocycles. The molecule has 110 valence electrons. The quantitative estimate of drug-likeness (QED) is 0.812. The van der Waals surface area contributed by atoms with Crippen molar-refractivity contribution in [3.8, 4) is 0 Å². The Morgan fingerprint density at radius 3 is 3.15 bits per heavy atom. The number of hydrogen-bond acceptors (Lipinski definition) is 3. The van der Waals surface area contributed by atoms with Gasteiger partial charge in [0.15, 0.2) is 0 Å². The number of β-amino-alcohol motifs (C(OH)–C–C–N with tert-alkyl or cyclic N) is 1. The van der Waals surface area contributed by atoms with Crippen LogP contribution in [0.2, 0.25) is 0 Å². The van der Waals surface area contributed by atoms with Gasteiger partial charge in [0, 0.05) is 19.6 Å². The van der Waals surface area contributed by atoms with E-state index >= 15 is 0 Å². The molecule has 1 aliphatic heterocycles. The summed E-state index contributed by atoms with van der Waals surface area (Å²) in [5, 5.41) is 9.94. The molecule has 0 radical (unpaired) electrons. The Balaban J connectivity index is 1.90. The molecule has 1 N–H and O–H groups in total. The fourth-order valence-corrected chi connectivity index (χ4v) is 2.48. The second-order valence-corrected chi connectivity index (χ2v) is 5.19. The zero-order valence-corrected chi connectivity index (χ0v) is 11.7. The number of morpholine rings is 1. The van der Waals surface area contributed by atoms with E-state index in [0.717, 1.165) is 24.9 Å². The Hall–Kier alpha value is -1.23. The molecule has 0 amide bonds. The van der Waals surface area contributed by atoms with Crippen molar-refractivity contribution in [1.29, 1.82) is 0 Å². The second-order valence-electron chi connectivity index (χ2n) is 5.19. The minimum Gasteiger partial charge on any atom is -0.392 e. The van der Waals surface area contributed by atoms with Gasteiger partial charge in [-0.1, -0.05) is 18.2 Å². The van der Waals surface area contributed by atoms with E-state index in [0.29, 0.717) is 19.7 Å². The molecule has 20 heavy (non-hydrogen) atoms. The zero-order chi connectivity index (χ0) is 14.4. The Kier molecular flexibility index (Phi) is 5.71. The SMILES string of the molecule is C=CCCC(O)CN1CCOC(c2cccc(F)c2)C1. The minimum absolute atomic E-state index is 0.119. The fourth-order valence-electron chi connectivity index (χ4n) is 2.48. The molecular formula is C16H22FNO2. The van der Waals surface area contributed by atoms with E-state index in [-0.39, 0.29) is 18.0 Å². The first-order chi connectivity index (χ1) is 9.69. The number of allylic oxidation sites excluding steroid dienone is 1. The van der Waals surface area contributed by atoms with Crippen LogP contribution < -0.4 is 0 Å².